The van der Waals surface area contributed by atoms with Gasteiger partial charge in [0.15, 0.2) is 0 Å². The Balaban J connectivity index is 2.65. The van der Waals surface area contributed by atoms with Crippen LogP contribution in [0.3, 0.4) is 0 Å². The van der Waals surface area contributed by atoms with E-state index in [1.54, 1.807) is 7.11 Å². The van der Waals surface area contributed by atoms with Crippen LogP contribution in [0.15, 0.2) is 24.3 Å². The molecule has 0 radical (unpaired) electrons. The Morgan fingerprint density at radius 1 is 1.11 bits per heavy atom. The van der Waals surface area contributed by atoms with Gasteiger partial charge in [-0.05, 0) is 29.4 Å². The fourth-order valence-corrected chi connectivity index (χ4v) is 2.37. The molecule has 0 aliphatic carbocycles. The van der Waals surface area contributed by atoms with Gasteiger partial charge in [0.25, 0.3) is 0 Å². The Bertz CT molecular complexity index is 345. The summed E-state index contributed by atoms with van der Waals surface area (Å²) in [6, 6.07) is 9.43. The summed E-state index contributed by atoms with van der Waals surface area (Å²) in [5, 5.41) is 3.68. The van der Waals surface area contributed by atoms with Gasteiger partial charge in [-0.1, -0.05) is 52.0 Å². The van der Waals surface area contributed by atoms with E-state index in [2.05, 4.69) is 57.3 Å². The van der Waals surface area contributed by atoms with Crippen LogP contribution in [-0.2, 0) is 11.2 Å². The van der Waals surface area contributed by atoms with Gasteiger partial charge in [-0.25, -0.2) is 0 Å². The van der Waals surface area contributed by atoms with Gasteiger partial charge >= 0.3 is 0 Å². The molecule has 0 amide bonds. The van der Waals surface area contributed by atoms with E-state index in [-0.39, 0.29) is 0 Å². The molecule has 1 aromatic carbocycles. The lowest BCUT2D eigenvalue weighted by Crippen LogP contribution is -2.31. The van der Waals surface area contributed by atoms with Crippen molar-refractivity contribution >= 4 is 0 Å². The van der Waals surface area contributed by atoms with Gasteiger partial charge in [0.05, 0.1) is 0 Å². The van der Waals surface area contributed by atoms with Crippen LogP contribution in [-0.4, -0.2) is 20.3 Å². The van der Waals surface area contributed by atoms with E-state index in [1.807, 2.05) is 0 Å². The van der Waals surface area contributed by atoms with Crippen molar-refractivity contribution in [3.63, 3.8) is 0 Å². The van der Waals surface area contributed by atoms with Crippen molar-refractivity contribution in [3.05, 3.63) is 35.4 Å². The fourth-order valence-electron chi connectivity index (χ4n) is 2.37. The van der Waals surface area contributed by atoms with Gasteiger partial charge < -0.3 is 10.1 Å². The van der Waals surface area contributed by atoms with Crippen molar-refractivity contribution in [2.24, 2.45) is 11.8 Å². The summed E-state index contributed by atoms with van der Waals surface area (Å²) in [5.74, 6) is 1.13. The first kappa shape index (κ1) is 16.2. The number of aryl methyl sites for hydroxylation is 1. The molecule has 2 nitrogen and oxygen atoms in total. The van der Waals surface area contributed by atoms with Crippen molar-refractivity contribution in [1.82, 2.24) is 5.32 Å². The highest BCUT2D eigenvalue weighted by Gasteiger charge is 2.16. The van der Waals surface area contributed by atoms with Crippen molar-refractivity contribution in [2.75, 3.05) is 20.3 Å². The van der Waals surface area contributed by atoms with Crippen molar-refractivity contribution in [3.8, 4) is 0 Å². The summed E-state index contributed by atoms with van der Waals surface area (Å²) in [7, 11) is 1.76. The quantitative estimate of drug-likeness (QED) is 0.770. The second-order valence-electron chi connectivity index (χ2n) is 5.79. The molecule has 0 aliphatic heterocycles. The van der Waals surface area contributed by atoms with Crippen LogP contribution < -0.4 is 5.32 Å². The van der Waals surface area contributed by atoms with Crippen molar-refractivity contribution < 1.29 is 4.74 Å². The smallest absolute Gasteiger partial charge is 0.0499 e. The Morgan fingerprint density at radius 3 is 2.21 bits per heavy atom. The molecule has 2 atom stereocenters. The highest BCUT2D eigenvalue weighted by Crippen LogP contribution is 2.22. The van der Waals surface area contributed by atoms with Gasteiger partial charge in [-0.15, -0.1) is 0 Å². The number of hydrogen-bond donors (Lipinski definition) is 1. The number of hydrogen-bond acceptors (Lipinski definition) is 2. The zero-order valence-corrected chi connectivity index (χ0v) is 13.1. The lowest BCUT2D eigenvalue weighted by Gasteiger charge is -2.25. The first-order valence-corrected chi connectivity index (χ1v) is 7.39. The molecule has 0 aliphatic rings. The molecule has 0 bridgehead atoms. The van der Waals surface area contributed by atoms with Crippen LogP contribution in [0.25, 0.3) is 0 Å². The Morgan fingerprint density at radius 2 is 1.74 bits per heavy atom. The maximum absolute atomic E-state index is 5.19. The third-order valence-electron chi connectivity index (χ3n) is 3.55. The van der Waals surface area contributed by atoms with Gasteiger partial charge in [0.1, 0.15) is 0 Å². The molecular formula is C17H29NO. The van der Waals surface area contributed by atoms with Crippen LogP contribution in [0.1, 0.15) is 44.9 Å². The maximum Gasteiger partial charge on any atom is 0.0499 e. The third kappa shape index (κ3) is 5.33. The van der Waals surface area contributed by atoms with Crippen molar-refractivity contribution in [1.29, 1.82) is 0 Å². The molecule has 0 saturated carbocycles. The van der Waals surface area contributed by atoms with Gasteiger partial charge in [-0.3, -0.25) is 0 Å². The van der Waals surface area contributed by atoms with Crippen molar-refractivity contribution in [2.45, 2.75) is 40.2 Å². The molecule has 0 fully saturated rings. The average Bonchev–Trinajstić information content (AvgIpc) is 2.39. The highest BCUT2D eigenvalue weighted by atomic mass is 16.5. The maximum atomic E-state index is 5.19. The second kappa shape index (κ2) is 8.34. The van der Waals surface area contributed by atoms with E-state index in [9.17, 15) is 0 Å². The van der Waals surface area contributed by atoms with E-state index in [0.29, 0.717) is 17.9 Å². The number of nitrogens with one attached hydrogen (secondary N) is 1. The normalized spacial score (nSPS) is 14.6. The summed E-state index contributed by atoms with van der Waals surface area (Å²) in [6.45, 7) is 10.8. The minimum atomic E-state index is 0.421. The molecule has 1 rings (SSSR count). The van der Waals surface area contributed by atoms with Crippen LogP contribution in [0, 0.1) is 11.8 Å². The van der Waals surface area contributed by atoms with E-state index in [1.165, 1.54) is 11.1 Å². The topological polar surface area (TPSA) is 21.3 Å². The molecule has 2 heteroatoms. The monoisotopic (exact) mass is 263 g/mol. The molecule has 19 heavy (non-hydrogen) atoms. The molecule has 2 unspecified atom stereocenters. The van der Waals surface area contributed by atoms with E-state index >= 15 is 0 Å². The lowest BCUT2D eigenvalue weighted by molar-refractivity contribution is 0.155. The highest BCUT2D eigenvalue weighted by molar-refractivity contribution is 5.25. The second-order valence-corrected chi connectivity index (χ2v) is 5.79. The first-order chi connectivity index (χ1) is 9.08. The number of ether oxygens (including phenoxy) is 1. The zero-order chi connectivity index (χ0) is 14.3. The molecule has 0 saturated heterocycles. The molecule has 0 heterocycles. The molecule has 0 aromatic heterocycles. The minimum absolute atomic E-state index is 0.421. The first-order valence-electron chi connectivity index (χ1n) is 7.39. The van der Waals surface area contributed by atoms with Crippen LogP contribution in [0.2, 0.25) is 0 Å². The summed E-state index contributed by atoms with van der Waals surface area (Å²) in [6.07, 6.45) is 1.10. The Kier molecular flexibility index (Phi) is 7.11. The predicted octanol–water partition coefficient (Wildman–Crippen LogP) is 3.82. The Labute approximate surface area is 118 Å². The molecule has 0 spiro atoms. The average molecular weight is 263 g/mol. The summed E-state index contributed by atoms with van der Waals surface area (Å²) in [4.78, 5) is 0. The molecule has 1 aromatic rings. The largest absolute Gasteiger partial charge is 0.384 e. The molecule has 108 valence electrons. The molecular weight excluding hydrogens is 234 g/mol. The van der Waals surface area contributed by atoms with E-state index in [0.717, 1.165) is 19.6 Å². The standard InChI is InChI=1S/C17H29NO/c1-6-15-7-9-16(10-8-15)17(13(2)3)18-11-14(4)12-19-5/h7-10,13-14,17-18H,6,11-12H2,1-5H3. The SMILES string of the molecule is CCc1ccc(C(NCC(C)COC)C(C)C)cc1. The summed E-state index contributed by atoms with van der Waals surface area (Å²) < 4.78 is 5.19. The fraction of sp³-hybridized carbons (Fsp3) is 0.647. The van der Waals surface area contributed by atoms with Gasteiger partial charge in [0, 0.05) is 26.3 Å². The minimum Gasteiger partial charge on any atom is -0.384 e. The van der Waals surface area contributed by atoms with Crippen LogP contribution >= 0.6 is 0 Å². The molecule has 1 N–H and O–H groups in total. The number of benzene rings is 1. The van der Waals surface area contributed by atoms with Gasteiger partial charge in [-0.2, -0.15) is 0 Å². The Hall–Kier alpha value is -0.860. The lowest BCUT2D eigenvalue weighted by atomic mass is 9.94. The van der Waals surface area contributed by atoms with E-state index in [4.69, 9.17) is 4.74 Å². The zero-order valence-electron chi connectivity index (χ0n) is 13.1. The predicted molar refractivity (Wildman–Crippen MR) is 82.4 cm³/mol. The number of methoxy groups -OCH3 is 1. The van der Waals surface area contributed by atoms with E-state index < -0.39 is 0 Å². The van der Waals surface area contributed by atoms with Gasteiger partial charge in [0.2, 0.25) is 0 Å². The van der Waals surface area contributed by atoms with Crippen LogP contribution in [0.4, 0.5) is 0 Å². The number of rotatable bonds is 8. The van der Waals surface area contributed by atoms with Crippen LogP contribution in [0.5, 0.6) is 0 Å². The third-order valence-corrected chi connectivity index (χ3v) is 3.55. The summed E-state index contributed by atoms with van der Waals surface area (Å²) in [5.41, 5.74) is 2.79. The summed E-state index contributed by atoms with van der Waals surface area (Å²) >= 11 is 0.